The van der Waals surface area contributed by atoms with Crippen LogP contribution in [-0.2, 0) is 6.42 Å². The van der Waals surface area contributed by atoms with Gasteiger partial charge in [0.05, 0.1) is 4.92 Å². The highest BCUT2D eigenvalue weighted by molar-refractivity contribution is 5.34. The minimum absolute atomic E-state index is 0.0275. The standard InChI is InChI=1S/C9H13N3O3/c10-6-9(11,13)5-7-2-1-3-8(4-7)12(14)15/h1-4,13H,5-6,10-11H2. The molecule has 0 radical (unpaired) electrons. The molecule has 0 saturated heterocycles. The molecule has 0 bridgehead atoms. The summed E-state index contributed by atoms with van der Waals surface area (Å²) in [6, 6.07) is 5.94. The Labute approximate surface area is 86.7 Å². The van der Waals surface area contributed by atoms with Crippen LogP contribution in [0.1, 0.15) is 5.56 Å². The Kier molecular flexibility index (Phi) is 3.35. The monoisotopic (exact) mass is 211 g/mol. The maximum atomic E-state index is 10.5. The molecule has 15 heavy (non-hydrogen) atoms. The number of non-ortho nitro benzene ring substituents is 1. The van der Waals surface area contributed by atoms with E-state index < -0.39 is 10.6 Å². The van der Waals surface area contributed by atoms with Crippen molar-refractivity contribution in [2.75, 3.05) is 6.54 Å². The first-order valence-corrected chi connectivity index (χ1v) is 4.39. The number of nitro benzene ring substituents is 1. The molecular formula is C9H13N3O3. The fourth-order valence-corrected chi connectivity index (χ4v) is 1.21. The average molecular weight is 211 g/mol. The van der Waals surface area contributed by atoms with Crippen molar-refractivity contribution >= 4 is 5.69 Å². The first-order chi connectivity index (χ1) is 6.94. The summed E-state index contributed by atoms with van der Waals surface area (Å²) in [5.41, 5.74) is 9.71. The van der Waals surface area contributed by atoms with E-state index in [2.05, 4.69) is 0 Å². The van der Waals surface area contributed by atoms with Gasteiger partial charge in [-0.25, -0.2) is 0 Å². The van der Waals surface area contributed by atoms with Gasteiger partial charge in [-0.3, -0.25) is 10.1 Å². The van der Waals surface area contributed by atoms with Crippen molar-refractivity contribution in [1.29, 1.82) is 0 Å². The van der Waals surface area contributed by atoms with Crippen LogP contribution in [0.25, 0.3) is 0 Å². The molecular weight excluding hydrogens is 198 g/mol. The van der Waals surface area contributed by atoms with Crippen molar-refractivity contribution in [2.45, 2.75) is 12.1 Å². The van der Waals surface area contributed by atoms with Gasteiger partial charge in [0.1, 0.15) is 5.72 Å². The number of benzene rings is 1. The molecule has 0 aliphatic heterocycles. The second-order valence-corrected chi connectivity index (χ2v) is 3.41. The van der Waals surface area contributed by atoms with Gasteiger partial charge in [-0.1, -0.05) is 12.1 Å². The Hall–Kier alpha value is -1.50. The van der Waals surface area contributed by atoms with Crippen LogP contribution in [0.3, 0.4) is 0 Å². The van der Waals surface area contributed by atoms with Crippen LogP contribution in [0.4, 0.5) is 5.69 Å². The van der Waals surface area contributed by atoms with Gasteiger partial charge in [0.25, 0.3) is 5.69 Å². The van der Waals surface area contributed by atoms with E-state index in [-0.39, 0.29) is 18.7 Å². The molecule has 1 aromatic rings. The maximum Gasteiger partial charge on any atom is 0.269 e. The summed E-state index contributed by atoms with van der Waals surface area (Å²) in [6.07, 6.45) is 0.0885. The maximum absolute atomic E-state index is 10.5. The van der Waals surface area contributed by atoms with Crippen molar-refractivity contribution in [3.63, 3.8) is 0 Å². The first-order valence-electron chi connectivity index (χ1n) is 4.39. The Morgan fingerprint density at radius 1 is 1.53 bits per heavy atom. The predicted octanol–water partition coefficient (Wildman–Crippen LogP) is -0.257. The number of nitrogens with two attached hydrogens (primary N) is 2. The Bertz CT molecular complexity index is 365. The summed E-state index contributed by atoms with van der Waals surface area (Å²) in [5.74, 6) is 0. The molecule has 5 N–H and O–H groups in total. The second-order valence-electron chi connectivity index (χ2n) is 3.41. The van der Waals surface area contributed by atoms with Crippen molar-refractivity contribution in [1.82, 2.24) is 0 Å². The summed E-state index contributed by atoms with van der Waals surface area (Å²) in [5, 5.41) is 20.0. The Balaban J connectivity index is 2.87. The lowest BCUT2D eigenvalue weighted by atomic mass is 10.0. The van der Waals surface area contributed by atoms with E-state index in [1.165, 1.54) is 12.1 Å². The van der Waals surface area contributed by atoms with Gasteiger partial charge in [-0.05, 0) is 5.56 Å². The second kappa shape index (κ2) is 4.35. The molecule has 0 fully saturated rings. The summed E-state index contributed by atoms with van der Waals surface area (Å²) >= 11 is 0. The summed E-state index contributed by atoms with van der Waals surface area (Å²) < 4.78 is 0. The van der Waals surface area contributed by atoms with Gasteiger partial charge >= 0.3 is 0 Å². The summed E-state index contributed by atoms with van der Waals surface area (Å²) in [7, 11) is 0. The molecule has 6 heteroatoms. The van der Waals surface area contributed by atoms with Gasteiger partial charge in [0, 0.05) is 25.1 Å². The zero-order chi connectivity index (χ0) is 11.5. The van der Waals surface area contributed by atoms with E-state index in [9.17, 15) is 15.2 Å². The van der Waals surface area contributed by atoms with Gasteiger partial charge in [0.2, 0.25) is 0 Å². The molecule has 0 heterocycles. The largest absolute Gasteiger partial charge is 0.374 e. The molecule has 82 valence electrons. The minimum Gasteiger partial charge on any atom is -0.374 e. The minimum atomic E-state index is -1.52. The lowest BCUT2D eigenvalue weighted by Gasteiger charge is -2.20. The molecule has 0 aromatic heterocycles. The van der Waals surface area contributed by atoms with Crippen LogP contribution in [0.2, 0.25) is 0 Å². The van der Waals surface area contributed by atoms with E-state index in [1.807, 2.05) is 0 Å². The zero-order valence-electron chi connectivity index (χ0n) is 8.09. The van der Waals surface area contributed by atoms with Crippen LogP contribution >= 0.6 is 0 Å². The molecule has 0 amide bonds. The molecule has 6 nitrogen and oxygen atoms in total. The predicted molar refractivity (Wildman–Crippen MR) is 55.0 cm³/mol. The number of hydrogen-bond acceptors (Lipinski definition) is 5. The fourth-order valence-electron chi connectivity index (χ4n) is 1.21. The van der Waals surface area contributed by atoms with Crippen molar-refractivity contribution < 1.29 is 10.0 Å². The van der Waals surface area contributed by atoms with E-state index in [1.54, 1.807) is 12.1 Å². The highest BCUT2D eigenvalue weighted by Crippen LogP contribution is 2.15. The van der Waals surface area contributed by atoms with Gasteiger partial charge in [-0.15, -0.1) is 0 Å². The third-order valence-corrected chi connectivity index (χ3v) is 1.99. The lowest BCUT2D eigenvalue weighted by molar-refractivity contribution is -0.384. The topological polar surface area (TPSA) is 115 Å². The Morgan fingerprint density at radius 2 is 2.20 bits per heavy atom. The molecule has 0 spiro atoms. The highest BCUT2D eigenvalue weighted by atomic mass is 16.6. The van der Waals surface area contributed by atoms with Crippen LogP contribution in [-0.4, -0.2) is 22.3 Å². The van der Waals surface area contributed by atoms with Gasteiger partial charge in [-0.2, -0.15) is 0 Å². The van der Waals surface area contributed by atoms with Crippen molar-refractivity contribution in [3.05, 3.63) is 39.9 Å². The summed E-state index contributed by atoms with van der Waals surface area (Å²) in [6.45, 7) is -0.101. The number of hydrogen-bond donors (Lipinski definition) is 3. The van der Waals surface area contributed by atoms with E-state index in [0.717, 1.165) is 0 Å². The SMILES string of the molecule is NCC(N)(O)Cc1cccc([N+](=O)[O-])c1. The van der Waals surface area contributed by atoms with E-state index in [4.69, 9.17) is 11.5 Å². The first kappa shape index (κ1) is 11.6. The quantitative estimate of drug-likeness (QED) is 0.360. The number of nitro groups is 1. The van der Waals surface area contributed by atoms with Crippen molar-refractivity contribution in [2.24, 2.45) is 11.5 Å². The zero-order valence-corrected chi connectivity index (χ0v) is 8.09. The fraction of sp³-hybridized carbons (Fsp3) is 0.333. The molecule has 1 unspecified atom stereocenters. The molecule has 1 aromatic carbocycles. The van der Waals surface area contributed by atoms with Crippen LogP contribution in [0.5, 0.6) is 0 Å². The third kappa shape index (κ3) is 3.28. The number of nitrogens with zero attached hydrogens (tertiary/aromatic N) is 1. The van der Waals surface area contributed by atoms with Gasteiger partial charge < -0.3 is 16.6 Å². The molecule has 0 aliphatic carbocycles. The molecule has 0 aliphatic rings. The average Bonchev–Trinajstić information content (AvgIpc) is 2.17. The van der Waals surface area contributed by atoms with Crippen LogP contribution < -0.4 is 11.5 Å². The van der Waals surface area contributed by atoms with E-state index in [0.29, 0.717) is 5.56 Å². The highest BCUT2D eigenvalue weighted by Gasteiger charge is 2.20. The third-order valence-electron chi connectivity index (χ3n) is 1.99. The smallest absolute Gasteiger partial charge is 0.269 e. The Morgan fingerprint density at radius 3 is 2.73 bits per heavy atom. The summed E-state index contributed by atoms with van der Waals surface area (Å²) in [4.78, 5) is 9.98. The number of aliphatic hydroxyl groups is 1. The number of rotatable bonds is 4. The normalized spacial score (nSPS) is 14.6. The van der Waals surface area contributed by atoms with Crippen LogP contribution in [0.15, 0.2) is 24.3 Å². The van der Waals surface area contributed by atoms with Gasteiger partial charge in [0.15, 0.2) is 0 Å². The lowest BCUT2D eigenvalue weighted by Crippen LogP contribution is -2.48. The molecule has 1 rings (SSSR count). The van der Waals surface area contributed by atoms with Crippen molar-refractivity contribution in [3.8, 4) is 0 Å². The van der Waals surface area contributed by atoms with Crippen LogP contribution in [0, 0.1) is 10.1 Å². The van der Waals surface area contributed by atoms with E-state index >= 15 is 0 Å². The molecule has 0 saturated carbocycles. The molecule has 1 atom stereocenters.